The Hall–Kier alpha value is -2.84. The quantitative estimate of drug-likeness (QED) is 0.612. The molecule has 1 N–H and O–H groups in total. The molecule has 1 aliphatic heterocycles. The summed E-state index contributed by atoms with van der Waals surface area (Å²) in [4.78, 5) is 24.7. The summed E-state index contributed by atoms with van der Waals surface area (Å²) >= 11 is 0. The van der Waals surface area contributed by atoms with Crippen molar-refractivity contribution in [1.29, 1.82) is 0 Å². The van der Waals surface area contributed by atoms with E-state index in [2.05, 4.69) is 10.4 Å². The van der Waals surface area contributed by atoms with Gasteiger partial charge < -0.3 is 10.1 Å². The van der Waals surface area contributed by atoms with Crippen LogP contribution in [0.3, 0.4) is 0 Å². The lowest BCUT2D eigenvalue weighted by Gasteiger charge is -2.31. The van der Waals surface area contributed by atoms with Crippen LogP contribution in [0.1, 0.15) is 56.9 Å². The Labute approximate surface area is 159 Å². The molecule has 150 valence electrons. The van der Waals surface area contributed by atoms with Crippen LogP contribution in [0.5, 0.6) is 0 Å². The monoisotopic (exact) mass is 395 g/mol. The Balaban J connectivity index is 1.85. The number of anilines is 1. The third-order valence-electron chi connectivity index (χ3n) is 4.84. The van der Waals surface area contributed by atoms with Gasteiger partial charge in [0.1, 0.15) is 5.82 Å². The van der Waals surface area contributed by atoms with Crippen LogP contribution in [0.25, 0.3) is 0 Å². The number of aryl methyl sites for hydroxylation is 3. The number of aromatic nitrogens is 2. The van der Waals surface area contributed by atoms with E-state index in [1.54, 1.807) is 26.0 Å². The molecule has 0 radical (unpaired) electrons. The average molecular weight is 395 g/mol. The van der Waals surface area contributed by atoms with Crippen LogP contribution in [0, 0.1) is 20.8 Å². The van der Waals surface area contributed by atoms with Crippen molar-refractivity contribution < 1.29 is 27.5 Å². The van der Waals surface area contributed by atoms with E-state index in [-0.39, 0.29) is 23.5 Å². The molecule has 0 bridgehead atoms. The summed E-state index contributed by atoms with van der Waals surface area (Å²) in [6.45, 7) is 7.03. The Morgan fingerprint density at radius 3 is 2.39 bits per heavy atom. The van der Waals surface area contributed by atoms with E-state index in [0.717, 1.165) is 21.9 Å². The summed E-state index contributed by atoms with van der Waals surface area (Å²) < 4.78 is 45.5. The third kappa shape index (κ3) is 3.74. The molecule has 0 saturated heterocycles. The zero-order chi connectivity index (χ0) is 20.8. The summed E-state index contributed by atoms with van der Waals surface area (Å²) in [5, 5.41) is 6.59. The number of nitrogens with zero attached hydrogens (tertiary/aromatic N) is 2. The smallest absolute Gasteiger partial charge is 0.384 e. The van der Waals surface area contributed by atoms with Gasteiger partial charge in [0, 0.05) is 12.1 Å². The highest BCUT2D eigenvalue weighted by atomic mass is 19.4. The van der Waals surface area contributed by atoms with Gasteiger partial charge in [-0.25, -0.2) is 14.3 Å². The predicted octanol–water partition coefficient (Wildman–Crippen LogP) is 4.11. The van der Waals surface area contributed by atoms with Crippen LogP contribution in [0.15, 0.2) is 18.2 Å². The molecule has 1 aromatic heterocycles. The van der Waals surface area contributed by atoms with Crippen LogP contribution in [0.4, 0.5) is 19.0 Å². The van der Waals surface area contributed by atoms with Gasteiger partial charge in [0.15, 0.2) is 11.7 Å². The second kappa shape index (κ2) is 6.96. The Kier molecular flexibility index (Phi) is 4.95. The van der Waals surface area contributed by atoms with Crippen LogP contribution in [-0.2, 0) is 4.74 Å². The van der Waals surface area contributed by atoms with Crippen molar-refractivity contribution >= 4 is 17.8 Å². The highest BCUT2D eigenvalue weighted by Crippen LogP contribution is 2.39. The number of halogens is 3. The highest BCUT2D eigenvalue weighted by Gasteiger charge is 2.45. The number of benzene rings is 1. The summed E-state index contributed by atoms with van der Waals surface area (Å²) in [6.07, 6.45) is -4.72. The summed E-state index contributed by atoms with van der Waals surface area (Å²) in [5.74, 6) is -1.91. The minimum Gasteiger partial charge on any atom is -0.384 e. The van der Waals surface area contributed by atoms with Gasteiger partial charge in [0.2, 0.25) is 0 Å². The van der Waals surface area contributed by atoms with Crippen LogP contribution in [0.2, 0.25) is 0 Å². The maximum absolute atomic E-state index is 13.3. The van der Waals surface area contributed by atoms with E-state index >= 15 is 0 Å². The van der Waals surface area contributed by atoms with E-state index in [1.165, 1.54) is 0 Å². The number of carbonyl (C=O) groups excluding carboxylic acids is 2. The molecule has 2 heterocycles. The molecule has 1 aromatic carbocycles. The average Bonchev–Trinajstić information content (AvgIpc) is 3.00. The number of hydrogen-bond acceptors (Lipinski definition) is 5. The maximum Gasteiger partial charge on any atom is 0.410 e. The summed E-state index contributed by atoms with van der Waals surface area (Å²) in [7, 11) is 0. The van der Waals surface area contributed by atoms with Crippen molar-refractivity contribution in [2.24, 2.45) is 0 Å². The Morgan fingerprint density at radius 2 is 1.75 bits per heavy atom. The fourth-order valence-electron chi connectivity index (χ4n) is 3.23. The van der Waals surface area contributed by atoms with Crippen molar-refractivity contribution in [3.63, 3.8) is 0 Å². The van der Waals surface area contributed by atoms with Gasteiger partial charge >= 0.3 is 18.1 Å². The molecule has 28 heavy (non-hydrogen) atoms. The normalized spacial score (nSPS) is 19.0. The third-order valence-corrected chi connectivity index (χ3v) is 4.84. The number of ether oxygens (including phenoxy) is 1. The molecular weight excluding hydrogens is 375 g/mol. The van der Waals surface area contributed by atoms with Crippen LogP contribution in [-0.4, -0.2) is 33.9 Å². The number of alkyl halides is 3. The molecule has 0 spiro atoms. The maximum atomic E-state index is 13.3. The molecule has 2 atom stereocenters. The molecule has 2 aromatic rings. The lowest BCUT2D eigenvalue weighted by molar-refractivity contribution is -0.173. The zero-order valence-corrected chi connectivity index (χ0v) is 15.8. The number of nitrogens with one attached hydrogen (secondary N) is 1. The fraction of sp³-hybridized carbons (Fsp3) is 0.421. The van der Waals surface area contributed by atoms with E-state index in [4.69, 9.17) is 4.74 Å². The van der Waals surface area contributed by atoms with Gasteiger partial charge in [-0.3, -0.25) is 0 Å². The predicted molar refractivity (Wildman–Crippen MR) is 95.4 cm³/mol. The molecule has 0 saturated carbocycles. The van der Waals surface area contributed by atoms with Gasteiger partial charge in [-0.2, -0.15) is 18.3 Å². The lowest BCUT2D eigenvalue weighted by Crippen LogP contribution is -2.37. The molecule has 0 fully saturated rings. The molecule has 6 nitrogen and oxygen atoms in total. The number of hydrogen-bond donors (Lipinski definition) is 1. The summed E-state index contributed by atoms with van der Waals surface area (Å²) in [5.41, 5.74) is 2.34. The fourth-order valence-corrected chi connectivity index (χ4v) is 3.23. The summed E-state index contributed by atoms with van der Waals surface area (Å²) in [6, 6.07) is 2.28. The zero-order valence-electron chi connectivity index (χ0n) is 15.8. The first-order valence-corrected chi connectivity index (χ1v) is 8.74. The van der Waals surface area contributed by atoms with Gasteiger partial charge in [0.05, 0.1) is 5.56 Å². The minimum atomic E-state index is -4.51. The molecular formula is C19H20F3N3O3. The van der Waals surface area contributed by atoms with Crippen molar-refractivity contribution in [2.75, 3.05) is 5.32 Å². The molecule has 0 amide bonds. The first kappa shape index (κ1) is 19.9. The first-order chi connectivity index (χ1) is 13.0. The van der Waals surface area contributed by atoms with Crippen LogP contribution < -0.4 is 5.32 Å². The minimum absolute atomic E-state index is 0.0582. The van der Waals surface area contributed by atoms with Crippen LogP contribution >= 0.6 is 0 Å². The van der Waals surface area contributed by atoms with Gasteiger partial charge in [-0.05, 0) is 56.9 Å². The number of esters is 2. The molecule has 1 aliphatic rings. The largest absolute Gasteiger partial charge is 0.410 e. The molecule has 0 unspecified atom stereocenters. The van der Waals surface area contributed by atoms with Crippen molar-refractivity contribution in [2.45, 2.75) is 52.4 Å². The van der Waals surface area contributed by atoms with E-state index < -0.39 is 30.2 Å². The standard InChI is InChI=1S/C19H20F3N3O3/c1-9-5-11(3)13(6-10(9)2)17(26)28-18(27)14-8-16-23-12(4)7-15(19(20,21)22)25(16)24-14/h5-6,8,12,15,23H,7H2,1-4H3/t12-,15-/m0/s1. The SMILES string of the molecule is Cc1cc(C)c(C(=O)OC(=O)c2cc3n(n2)[C@H](C(F)(F)F)C[C@H](C)N3)cc1C. The highest BCUT2D eigenvalue weighted by molar-refractivity contribution is 6.02. The number of rotatable bonds is 2. The first-order valence-electron chi connectivity index (χ1n) is 8.74. The number of fused-ring (bicyclic) bond motifs is 1. The van der Waals surface area contributed by atoms with Gasteiger partial charge in [-0.15, -0.1) is 0 Å². The van der Waals surface area contributed by atoms with Crippen molar-refractivity contribution in [3.8, 4) is 0 Å². The van der Waals surface area contributed by atoms with E-state index in [1.807, 2.05) is 13.8 Å². The van der Waals surface area contributed by atoms with Gasteiger partial charge in [-0.1, -0.05) is 6.07 Å². The molecule has 3 rings (SSSR count). The van der Waals surface area contributed by atoms with Crippen molar-refractivity contribution in [3.05, 3.63) is 46.1 Å². The second-order valence-corrected chi connectivity index (χ2v) is 7.13. The van der Waals surface area contributed by atoms with Gasteiger partial charge in [0.25, 0.3) is 0 Å². The Bertz CT molecular complexity index is 950. The molecule has 0 aliphatic carbocycles. The van der Waals surface area contributed by atoms with E-state index in [0.29, 0.717) is 5.56 Å². The Morgan fingerprint density at radius 1 is 1.11 bits per heavy atom. The molecule has 9 heteroatoms. The van der Waals surface area contributed by atoms with Crippen molar-refractivity contribution in [1.82, 2.24) is 9.78 Å². The van der Waals surface area contributed by atoms with E-state index in [9.17, 15) is 22.8 Å². The lowest BCUT2D eigenvalue weighted by atomic mass is 10.0. The second-order valence-electron chi connectivity index (χ2n) is 7.13. The number of carbonyl (C=O) groups is 2. The topological polar surface area (TPSA) is 73.2 Å².